The maximum atomic E-state index is 13.6. The van der Waals surface area contributed by atoms with Gasteiger partial charge >= 0.3 is 24.0 Å². The van der Waals surface area contributed by atoms with Crippen LogP contribution < -0.4 is 0 Å². The van der Waals surface area contributed by atoms with Gasteiger partial charge in [0.1, 0.15) is 18.8 Å². The van der Waals surface area contributed by atoms with Gasteiger partial charge in [0.2, 0.25) is 12.2 Å². The van der Waals surface area contributed by atoms with Gasteiger partial charge in [-0.25, -0.2) is 9.69 Å². The Hall–Kier alpha value is -2.95. The first-order valence-corrected chi connectivity index (χ1v) is 15.1. The molecule has 0 bridgehead atoms. The molecule has 2 rings (SSSR count). The van der Waals surface area contributed by atoms with E-state index < -0.39 is 76.8 Å². The number of nitrogens with zero attached hydrogens (tertiary/aromatic N) is 1. The Morgan fingerprint density at radius 3 is 1.93 bits per heavy atom. The molecule has 6 atom stereocenters. The SMILES string of the molecule is CCCC/C=C/C(C)CC(=O)N1C(=O)O[C@H]2O[C@H](COC(=O)C(C)(C)C)[C@@H](OC(=O)C(C)(C)C)[C@H](OC(=O)C(C)(C)C)[C@H]21. The van der Waals surface area contributed by atoms with Crippen LogP contribution in [0.2, 0.25) is 0 Å². The second-order valence-electron chi connectivity index (χ2n) is 14.5. The van der Waals surface area contributed by atoms with E-state index in [-0.39, 0.29) is 18.9 Å². The average molecular weight is 610 g/mol. The number of allylic oxidation sites excluding steroid dienone is 2. The average Bonchev–Trinajstić information content (AvgIpc) is 3.20. The molecular formula is C32H51NO10. The number of esters is 3. The van der Waals surface area contributed by atoms with Gasteiger partial charge < -0.3 is 23.7 Å². The molecule has 244 valence electrons. The molecule has 2 fully saturated rings. The highest BCUT2D eigenvalue weighted by Gasteiger charge is 2.61. The lowest BCUT2D eigenvalue weighted by Gasteiger charge is -2.44. The zero-order valence-electron chi connectivity index (χ0n) is 27.7. The summed E-state index contributed by atoms with van der Waals surface area (Å²) in [6.45, 7) is 18.5. The van der Waals surface area contributed by atoms with E-state index in [0.29, 0.717) is 0 Å². The highest BCUT2D eigenvalue weighted by molar-refractivity contribution is 5.94. The van der Waals surface area contributed by atoms with Gasteiger partial charge in [-0.2, -0.15) is 0 Å². The van der Waals surface area contributed by atoms with Gasteiger partial charge in [-0.1, -0.05) is 38.8 Å². The van der Waals surface area contributed by atoms with E-state index in [1.165, 1.54) is 0 Å². The molecule has 0 aliphatic carbocycles. The minimum Gasteiger partial charge on any atom is -0.462 e. The Bertz CT molecular complexity index is 1060. The highest BCUT2D eigenvalue weighted by atomic mass is 16.7. The molecule has 1 unspecified atom stereocenters. The first-order valence-electron chi connectivity index (χ1n) is 15.1. The van der Waals surface area contributed by atoms with Crippen LogP contribution in [0.3, 0.4) is 0 Å². The minimum atomic E-state index is -1.36. The van der Waals surface area contributed by atoms with Crippen molar-refractivity contribution in [1.29, 1.82) is 0 Å². The lowest BCUT2D eigenvalue weighted by atomic mass is 9.92. The van der Waals surface area contributed by atoms with Gasteiger partial charge in [0.25, 0.3) is 0 Å². The summed E-state index contributed by atoms with van der Waals surface area (Å²) in [7, 11) is 0. The van der Waals surface area contributed by atoms with Gasteiger partial charge in [0.15, 0.2) is 12.2 Å². The molecular weight excluding hydrogens is 558 g/mol. The fourth-order valence-corrected chi connectivity index (χ4v) is 4.28. The fourth-order valence-electron chi connectivity index (χ4n) is 4.28. The third-order valence-corrected chi connectivity index (χ3v) is 6.98. The molecule has 0 aromatic carbocycles. The van der Waals surface area contributed by atoms with Crippen LogP contribution >= 0.6 is 0 Å². The number of carbonyl (C=O) groups is 5. The van der Waals surface area contributed by atoms with Crippen LogP contribution in [0.25, 0.3) is 0 Å². The number of amides is 2. The normalized spacial score (nSPS) is 25.1. The van der Waals surface area contributed by atoms with Crippen molar-refractivity contribution in [2.75, 3.05) is 6.61 Å². The molecule has 0 radical (unpaired) electrons. The van der Waals surface area contributed by atoms with Crippen molar-refractivity contribution in [3.05, 3.63) is 12.2 Å². The molecule has 2 amide bonds. The number of fused-ring (bicyclic) bond motifs is 1. The summed E-state index contributed by atoms with van der Waals surface area (Å²) in [5.41, 5.74) is -2.77. The zero-order valence-corrected chi connectivity index (χ0v) is 27.7. The Morgan fingerprint density at radius 2 is 1.42 bits per heavy atom. The van der Waals surface area contributed by atoms with Crippen molar-refractivity contribution in [3.63, 3.8) is 0 Å². The van der Waals surface area contributed by atoms with Crippen molar-refractivity contribution in [3.8, 4) is 0 Å². The molecule has 11 nitrogen and oxygen atoms in total. The molecule has 2 aliphatic rings. The fraction of sp³-hybridized carbons (Fsp3) is 0.781. The van der Waals surface area contributed by atoms with Crippen LogP contribution in [-0.2, 0) is 42.9 Å². The Balaban J connectivity index is 2.51. The first-order chi connectivity index (χ1) is 19.7. The molecule has 0 spiro atoms. The predicted molar refractivity (Wildman–Crippen MR) is 157 cm³/mol. The third-order valence-electron chi connectivity index (χ3n) is 6.98. The molecule has 11 heteroatoms. The molecule has 2 saturated heterocycles. The summed E-state index contributed by atoms with van der Waals surface area (Å²) >= 11 is 0. The maximum absolute atomic E-state index is 13.6. The van der Waals surface area contributed by atoms with Crippen LogP contribution in [0.15, 0.2) is 12.2 Å². The summed E-state index contributed by atoms with van der Waals surface area (Å²) in [4.78, 5) is 66.6. The van der Waals surface area contributed by atoms with Gasteiger partial charge in [-0.3, -0.25) is 19.2 Å². The van der Waals surface area contributed by atoms with E-state index in [1.807, 2.05) is 19.1 Å². The van der Waals surface area contributed by atoms with Crippen molar-refractivity contribution in [2.45, 2.75) is 132 Å². The molecule has 0 saturated carbocycles. The monoisotopic (exact) mass is 609 g/mol. The summed E-state index contributed by atoms with van der Waals surface area (Å²) in [6.07, 6.45) is 0.699. The second-order valence-corrected chi connectivity index (χ2v) is 14.5. The Morgan fingerprint density at radius 1 is 0.884 bits per heavy atom. The third kappa shape index (κ3) is 9.78. The van der Waals surface area contributed by atoms with Gasteiger partial charge in [0, 0.05) is 6.42 Å². The van der Waals surface area contributed by atoms with Crippen molar-refractivity contribution in [2.24, 2.45) is 22.2 Å². The largest absolute Gasteiger partial charge is 0.462 e. The number of imide groups is 1. The van der Waals surface area contributed by atoms with E-state index in [0.717, 1.165) is 24.2 Å². The number of ether oxygens (including phenoxy) is 5. The van der Waals surface area contributed by atoms with E-state index in [9.17, 15) is 24.0 Å². The van der Waals surface area contributed by atoms with Crippen molar-refractivity contribution >= 4 is 29.9 Å². The van der Waals surface area contributed by atoms with Crippen LogP contribution in [0.4, 0.5) is 4.79 Å². The van der Waals surface area contributed by atoms with Gasteiger partial charge in [-0.15, -0.1) is 0 Å². The molecule has 43 heavy (non-hydrogen) atoms. The lowest BCUT2D eigenvalue weighted by molar-refractivity contribution is -0.259. The molecule has 0 N–H and O–H groups in total. The second kappa shape index (κ2) is 14.2. The van der Waals surface area contributed by atoms with Gasteiger partial charge in [0.05, 0.1) is 16.2 Å². The lowest BCUT2D eigenvalue weighted by Crippen LogP contribution is -2.65. The highest BCUT2D eigenvalue weighted by Crippen LogP contribution is 2.38. The number of carbonyl (C=O) groups excluding carboxylic acids is 5. The van der Waals surface area contributed by atoms with E-state index in [1.54, 1.807) is 62.3 Å². The van der Waals surface area contributed by atoms with Crippen LogP contribution in [0.1, 0.15) is 102 Å². The van der Waals surface area contributed by atoms with E-state index in [4.69, 9.17) is 23.7 Å². The summed E-state index contributed by atoms with van der Waals surface area (Å²) in [5.74, 6) is -2.57. The smallest absolute Gasteiger partial charge is 0.419 e. The van der Waals surface area contributed by atoms with Crippen molar-refractivity contribution < 1.29 is 47.7 Å². The minimum absolute atomic E-state index is 0.0139. The standard InChI is InChI=1S/C32H51NO10/c1-12-13-14-15-16-19(2)17-21(34)33-22-24(42-28(37)32(9,10)11)23(41-27(36)31(6,7)8)20(40-25(22)43-29(33)38)18-39-26(35)30(3,4)5/h15-16,19-20,22-25H,12-14,17-18H2,1-11H3/b16-15+/t19?,20-,22-,23-,24-,25-/m1/s1. The van der Waals surface area contributed by atoms with Crippen LogP contribution in [0, 0.1) is 22.2 Å². The van der Waals surface area contributed by atoms with Crippen LogP contribution in [0.5, 0.6) is 0 Å². The molecule has 2 aliphatic heterocycles. The topological polar surface area (TPSA) is 135 Å². The van der Waals surface area contributed by atoms with E-state index >= 15 is 0 Å². The van der Waals surface area contributed by atoms with E-state index in [2.05, 4.69) is 6.92 Å². The number of rotatable bonds is 10. The molecule has 0 aromatic rings. The molecule has 2 heterocycles. The first kappa shape index (κ1) is 36.2. The Labute approximate surface area is 255 Å². The van der Waals surface area contributed by atoms with Crippen molar-refractivity contribution in [1.82, 2.24) is 4.90 Å². The number of unbranched alkanes of at least 4 members (excludes halogenated alkanes) is 2. The zero-order chi connectivity index (χ0) is 32.9. The number of hydrogen-bond donors (Lipinski definition) is 0. The Kier molecular flexibility index (Phi) is 12.0. The van der Waals surface area contributed by atoms with Crippen LogP contribution in [-0.4, -0.2) is 72.1 Å². The number of hydrogen-bond acceptors (Lipinski definition) is 10. The summed E-state index contributed by atoms with van der Waals surface area (Å²) < 4.78 is 28.9. The van der Waals surface area contributed by atoms with Gasteiger partial charge in [-0.05, 0) is 74.7 Å². The predicted octanol–water partition coefficient (Wildman–Crippen LogP) is 5.34. The molecule has 0 aromatic heterocycles. The summed E-state index contributed by atoms with van der Waals surface area (Å²) in [6, 6.07) is -1.24. The summed E-state index contributed by atoms with van der Waals surface area (Å²) in [5, 5.41) is 0. The maximum Gasteiger partial charge on any atom is 0.419 e. The quantitative estimate of drug-likeness (QED) is 0.138.